The number of esters is 1. The maximum Gasteiger partial charge on any atom is 0.313 e. The smallest absolute Gasteiger partial charge is 0.313 e. The van der Waals surface area contributed by atoms with Gasteiger partial charge in [0.15, 0.2) is 5.78 Å². The topological polar surface area (TPSA) is 43.4 Å². The second kappa shape index (κ2) is 7.36. The number of ether oxygens (including phenoxy) is 1. The molecule has 1 atom stereocenters. The zero-order valence-electron chi connectivity index (χ0n) is 12.5. The van der Waals surface area contributed by atoms with E-state index in [1.54, 1.807) is 6.07 Å². The Morgan fingerprint density at radius 3 is 2.41 bits per heavy atom. The molecule has 0 amide bonds. The molecule has 2 aromatic rings. The van der Waals surface area contributed by atoms with E-state index in [1.165, 1.54) is 7.11 Å². The molecule has 0 unspecified atom stereocenters. The monoisotopic (exact) mass is 360 g/mol. The fourth-order valence-electron chi connectivity index (χ4n) is 2.30. The van der Waals surface area contributed by atoms with Crippen LogP contribution in [0.1, 0.15) is 33.8 Å². The maximum atomic E-state index is 12.5. The molecule has 3 nitrogen and oxygen atoms in total. The van der Waals surface area contributed by atoms with Gasteiger partial charge in [0.25, 0.3) is 0 Å². The highest BCUT2D eigenvalue weighted by molar-refractivity contribution is 9.10. The van der Waals surface area contributed by atoms with E-state index in [9.17, 15) is 9.59 Å². The Balaban J connectivity index is 2.25. The predicted molar refractivity (Wildman–Crippen MR) is 89.0 cm³/mol. The number of halogens is 1. The van der Waals surface area contributed by atoms with Crippen molar-refractivity contribution < 1.29 is 14.3 Å². The SMILES string of the molecule is COC(=O)[C@@H](CC(=O)c1cccc(C)c1)c1ccc(Br)cc1. The standard InChI is InChI=1S/C18H17BrO3/c1-12-4-3-5-14(10-12)17(20)11-16(18(21)22-2)13-6-8-15(19)9-7-13/h3-10,16H,11H2,1-2H3/t16-/m0/s1. The highest BCUT2D eigenvalue weighted by atomic mass is 79.9. The third kappa shape index (κ3) is 4.04. The van der Waals surface area contributed by atoms with Crippen LogP contribution in [0.3, 0.4) is 0 Å². The number of hydrogen-bond donors (Lipinski definition) is 0. The molecule has 22 heavy (non-hydrogen) atoms. The van der Waals surface area contributed by atoms with E-state index in [-0.39, 0.29) is 12.2 Å². The largest absolute Gasteiger partial charge is 0.469 e. The van der Waals surface area contributed by atoms with Crippen molar-refractivity contribution in [1.82, 2.24) is 0 Å². The lowest BCUT2D eigenvalue weighted by atomic mass is 9.91. The van der Waals surface area contributed by atoms with Gasteiger partial charge in [-0.05, 0) is 30.7 Å². The second-order valence-corrected chi connectivity index (χ2v) is 6.04. The first-order valence-electron chi connectivity index (χ1n) is 6.94. The average molecular weight is 361 g/mol. The number of methoxy groups -OCH3 is 1. The van der Waals surface area contributed by atoms with Gasteiger partial charge in [0.1, 0.15) is 0 Å². The lowest BCUT2D eigenvalue weighted by Crippen LogP contribution is -2.18. The molecule has 2 aromatic carbocycles. The fourth-order valence-corrected chi connectivity index (χ4v) is 2.56. The minimum atomic E-state index is -0.592. The lowest BCUT2D eigenvalue weighted by Gasteiger charge is -2.14. The molecule has 0 aliphatic heterocycles. The molecule has 0 bridgehead atoms. The van der Waals surface area contributed by atoms with Crippen LogP contribution < -0.4 is 0 Å². The average Bonchev–Trinajstić information content (AvgIpc) is 2.52. The Bertz CT molecular complexity index is 677. The minimum Gasteiger partial charge on any atom is -0.469 e. The van der Waals surface area contributed by atoms with Gasteiger partial charge in [-0.3, -0.25) is 9.59 Å². The summed E-state index contributed by atoms with van der Waals surface area (Å²) >= 11 is 3.36. The summed E-state index contributed by atoms with van der Waals surface area (Å²) in [7, 11) is 1.34. The zero-order chi connectivity index (χ0) is 16.1. The van der Waals surface area contributed by atoms with Gasteiger partial charge in [-0.2, -0.15) is 0 Å². The van der Waals surface area contributed by atoms with Gasteiger partial charge in [0.05, 0.1) is 13.0 Å². The Hall–Kier alpha value is -1.94. The Labute approximate surface area is 138 Å². The van der Waals surface area contributed by atoms with Crippen LogP contribution in [-0.2, 0) is 9.53 Å². The van der Waals surface area contributed by atoms with E-state index in [1.807, 2.05) is 49.4 Å². The second-order valence-electron chi connectivity index (χ2n) is 5.12. The van der Waals surface area contributed by atoms with Crippen molar-refractivity contribution in [3.05, 3.63) is 69.7 Å². The van der Waals surface area contributed by atoms with Crippen molar-refractivity contribution in [3.8, 4) is 0 Å². The lowest BCUT2D eigenvalue weighted by molar-refractivity contribution is -0.142. The van der Waals surface area contributed by atoms with E-state index in [0.717, 1.165) is 15.6 Å². The van der Waals surface area contributed by atoms with Crippen LogP contribution in [0.15, 0.2) is 53.0 Å². The van der Waals surface area contributed by atoms with Crippen molar-refractivity contribution in [2.24, 2.45) is 0 Å². The molecule has 0 saturated carbocycles. The number of hydrogen-bond acceptors (Lipinski definition) is 3. The summed E-state index contributed by atoms with van der Waals surface area (Å²) in [4.78, 5) is 24.5. The third-order valence-corrected chi connectivity index (χ3v) is 4.02. The zero-order valence-corrected chi connectivity index (χ0v) is 14.1. The minimum absolute atomic E-state index is 0.0676. The number of ketones is 1. The summed E-state index contributed by atoms with van der Waals surface area (Å²) in [6, 6.07) is 14.7. The molecule has 114 valence electrons. The third-order valence-electron chi connectivity index (χ3n) is 3.49. The van der Waals surface area contributed by atoms with E-state index >= 15 is 0 Å². The molecular formula is C18H17BrO3. The summed E-state index contributed by atoms with van der Waals surface area (Å²) in [6.07, 6.45) is 0.0950. The van der Waals surface area contributed by atoms with E-state index in [2.05, 4.69) is 15.9 Å². The van der Waals surface area contributed by atoms with Crippen LogP contribution in [0.25, 0.3) is 0 Å². The fraction of sp³-hybridized carbons (Fsp3) is 0.222. The number of rotatable bonds is 5. The van der Waals surface area contributed by atoms with Crippen LogP contribution in [-0.4, -0.2) is 18.9 Å². The number of benzene rings is 2. The summed E-state index contributed by atoms with van der Waals surface area (Å²) in [5.41, 5.74) is 2.41. The number of Topliss-reactive ketones (excluding diaryl/α,β-unsaturated/α-hetero) is 1. The van der Waals surface area contributed by atoms with Gasteiger partial charge >= 0.3 is 5.97 Å². The summed E-state index contributed by atoms with van der Waals surface area (Å²) in [5, 5.41) is 0. The van der Waals surface area contributed by atoms with Gasteiger partial charge in [0, 0.05) is 16.5 Å². The van der Waals surface area contributed by atoms with Crippen LogP contribution in [0, 0.1) is 6.92 Å². The summed E-state index contributed by atoms with van der Waals surface area (Å²) in [6.45, 7) is 1.93. The first-order valence-corrected chi connectivity index (χ1v) is 7.73. The quantitative estimate of drug-likeness (QED) is 0.590. The Morgan fingerprint density at radius 1 is 1.14 bits per heavy atom. The van der Waals surface area contributed by atoms with Crippen molar-refractivity contribution in [2.45, 2.75) is 19.3 Å². The van der Waals surface area contributed by atoms with Crippen LogP contribution in [0.2, 0.25) is 0 Å². The van der Waals surface area contributed by atoms with E-state index < -0.39 is 11.9 Å². The highest BCUT2D eigenvalue weighted by Gasteiger charge is 2.25. The molecule has 0 spiro atoms. The first-order chi connectivity index (χ1) is 10.5. The molecule has 4 heteroatoms. The predicted octanol–water partition coefficient (Wildman–Crippen LogP) is 4.29. The van der Waals surface area contributed by atoms with Gasteiger partial charge < -0.3 is 4.74 Å². The molecule has 0 N–H and O–H groups in total. The highest BCUT2D eigenvalue weighted by Crippen LogP contribution is 2.25. The van der Waals surface area contributed by atoms with Gasteiger partial charge in [-0.1, -0.05) is 51.8 Å². The number of aryl methyl sites for hydroxylation is 1. The molecule has 0 aliphatic rings. The van der Waals surface area contributed by atoms with Crippen LogP contribution in [0.5, 0.6) is 0 Å². The van der Waals surface area contributed by atoms with E-state index in [4.69, 9.17) is 4.74 Å². The van der Waals surface area contributed by atoms with Crippen molar-refractivity contribution in [1.29, 1.82) is 0 Å². The number of carbonyl (C=O) groups is 2. The van der Waals surface area contributed by atoms with Crippen LogP contribution >= 0.6 is 15.9 Å². The van der Waals surface area contributed by atoms with Crippen molar-refractivity contribution in [3.63, 3.8) is 0 Å². The van der Waals surface area contributed by atoms with Gasteiger partial charge in [0.2, 0.25) is 0 Å². The van der Waals surface area contributed by atoms with E-state index in [0.29, 0.717) is 5.56 Å². The molecule has 0 fully saturated rings. The molecule has 0 aliphatic carbocycles. The number of carbonyl (C=O) groups excluding carboxylic acids is 2. The summed E-state index contributed by atoms with van der Waals surface area (Å²) < 4.78 is 5.78. The normalized spacial score (nSPS) is 11.8. The Kier molecular flexibility index (Phi) is 5.50. The molecule has 0 heterocycles. The van der Waals surface area contributed by atoms with Crippen molar-refractivity contribution in [2.75, 3.05) is 7.11 Å². The molecule has 0 radical (unpaired) electrons. The molecule has 0 aromatic heterocycles. The van der Waals surface area contributed by atoms with Gasteiger partial charge in [-0.15, -0.1) is 0 Å². The first kappa shape index (κ1) is 16.4. The Morgan fingerprint density at radius 2 is 1.82 bits per heavy atom. The molecular weight excluding hydrogens is 344 g/mol. The van der Waals surface area contributed by atoms with Crippen LogP contribution in [0.4, 0.5) is 0 Å². The van der Waals surface area contributed by atoms with Gasteiger partial charge in [-0.25, -0.2) is 0 Å². The maximum absolute atomic E-state index is 12.5. The van der Waals surface area contributed by atoms with Crippen molar-refractivity contribution >= 4 is 27.7 Å². The molecule has 0 saturated heterocycles. The summed E-state index contributed by atoms with van der Waals surface area (Å²) in [5.74, 6) is -1.06. The molecule has 2 rings (SSSR count).